The van der Waals surface area contributed by atoms with Gasteiger partial charge in [0.15, 0.2) is 0 Å². The molecule has 0 aliphatic carbocycles. The summed E-state index contributed by atoms with van der Waals surface area (Å²) in [6, 6.07) is 2.64. The van der Waals surface area contributed by atoms with E-state index in [-0.39, 0.29) is 16.8 Å². The number of thiophene rings is 1. The van der Waals surface area contributed by atoms with Crippen LogP contribution < -0.4 is 15.4 Å². The Hall–Kier alpha value is -0.960. The molecular weight excluding hydrogens is 310 g/mol. The molecule has 3 rings (SSSR count). The van der Waals surface area contributed by atoms with Gasteiger partial charge in [-0.15, -0.1) is 11.3 Å². The third kappa shape index (κ3) is 3.13. The van der Waals surface area contributed by atoms with Gasteiger partial charge in [-0.2, -0.15) is 0 Å². The lowest BCUT2D eigenvalue weighted by molar-refractivity contribution is 0.0928. The molecule has 2 bridgehead atoms. The number of piperidine rings is 1. The zero-order valence-corrected chi connectivity index (χ0v) is 13.4. The Kier molecular flexibility index (Phi) is 4.04. The molecule has 0 aromatic carbocycles. The van der Waals surface area contributed by atoms with E-state index in [1.54, 1.807) is 0 Å². The van der Waals surface area contributed by atoms with Gasteiger partial charge >= 0.3 is 0 Å². The summed E-state index contributed by atoms with van der Waals surface area (Å²) in [4.78, 5) is 12.8. The highest BCUT2D eigenvalue weighted by atomic mass is 32.2. The molecule has 2 saturated heterocycles. The van der Waals surface area contributed by atoms with Crippen molar-refractivity contribution in [2.75, 3.05) is 7.05 Å². The van der Waals surface area contributed by atoms with Crippen LogP contribution in [0.4, 0.5) is 0 Å². The van der Waals surface area contributed by atoms with Crippen molar-refractivity contribution in [3.05, 3.63) is 16.3 Å². The standard InChI is InChI=1S/C13H19N3O3S2/c1-14-21(18,19)11-6-12(20-7-11)13(17)16-10-4-8-2-3-9(5-10)15-8/h6-10,14-15H,2-5H2,1H3,(H,16,17). The largest absolute Gasteiger partial charge is 0.348 e. The van der Waals surface area contributed by atoms with Gasteiger partial charge in [-0.1, -0.05) is 0 Å². The highest BCUT2D eigenvalue weighted by Crippen LogP contribution is 2.27. The minimum atomic E-state index is -3.48. The predicted octanol–water partition coefficient (Wildman–Crippen LogP) is 0.669. The van der Waals surface area contributed by atoms with Crippen molar-refractivity contribution in [1.82, 2.24) is 15.4 Å². The lowest BCUT2D eigenvalue weighted by Crippen LogP contribution is -2.47. The highest BCUT2D eigenvalue weighted by molar-refractivity contribution is 7.89. The molecule has 1 aromatic rings. The molecule has 0 radical (unpaired) electrons. The van der Waals surface area contributed by atoms with Crippen LogP contribution >= 0.6 is 11.3 Å². The van der Waals surface area contributed by atoms with Crippen molar-refractivity contribution in [2.24, 2.45) is 0 Å². The Morgan fingerprint density at radius 1 is 1.33 bits per heavy atom. The first-order valence-corrected chi connectivity index (χ1v) is 9.43. The number of rotatable bonds is 4. The van der Waals surface area contributed by atoms with Gasteiger partial charge in [-0.05, 0) is 38.8 Å². The van der Waals surface area contributed by atoms with Crippen LogP contribution in [0.3, 0.4) is 0 Å². The Balaban J connectivity index is 1.66. The number of carbonyl (C=O) groups excluding carboxylic acids is 1. The first kappa shape index (κ1) is 15.0. The van der Waals surface area contributed by atoms with Crippen molar-refractivity contribution < 1.29 is 13.2 Å². The lowest BCUT2D eigenvalue weighted by atomic mass is 10.00. The molecule has 2 unspecified atom stereocenters. The number of amides is 1. The van der Waals surface area contributed by atoms with E-state index in [1.165, 1.54) is 31.3 Å². The second-order valence-corrected chi connectivity index (χ2v) is 8.43. The van der Waals surface area contributed by atoms with Gasteiger partial charge in [0, 0.05) is 23.5 Å². The number of nitrogens with one attached hydrogen (secondary N) is 3. The van der Waals surface area contributed by atoms with Gasteiger partial charge in [0.2, 0.25) is 10.0 Å². The average molecular weight is 329 g/mol. The smallest absolute Gasteiger partial charge is 0.261 e. The van der Waals surface area contributed by atoms with E-state index >= 15 is 0 Å². The molecule has 2 aliphatic rings. The summed E-state index contributed by atoms with van der Waals surface area (Å²) in [6.07, 6.45) is 4.27. The molecule has 21 heavy (non-hydrogen) atoms. The molecule has 3 heterocycles. The van der Waals surface area contributed by atoms with Crippen LogP contribution in [0.1, 0.15) is 35.4 Å². The summed E-state index contributed by atoms with van der Waals surface area (Å²) < 4.78 is 25.6. The number of carbonyl (C=O) groups is 1. The minimum Gasteiger partial charge on any atom is -0.348 e. The molecule has 1 amide bonds. The molecule has 6 nitrogen and oxygen atoms in total. The molecule has 2 fully saturated rings. The van der Waals surface area contributed by atoms with Crippen molar-refractivity contribution in [3.63, 3.8) is 0 Å². The maximum absolute atomic E-state index is 12.2. The Morgan fingerprint density at radius 3 is 2.62 bits per heavy atom. The highest BCUT2D eigenvalue weighted by Gasteiger charge is 2.34. The van der Waals surface area contributed by atoms with Crippen molar-refractivity contribution in [3.8, 4) is 0 Å². The van der Waals surface area contributed by atoms with E-state index < -0.39 is 10.0 Å². The Bertz CT molecular complexity index is 629. The van der Waals surface area contributed by atoms with Gasteiger partial charge in [-0.25, -0.2) is 13.1 Å². The summed E-state index contributed by atoms with van der Waals surface area (Å²) in [5, 5.41) is 8.06. The van der Waals surface area contributed by atoms with Gasteiger partial charge in [0.25, 0.3) is 5.91 Å². The van der Waals surface area contributed by atoms with E-state index in [9.17, 15) is 13.2 Å². The fourth-order valence-corrected chi connectivity index (χ4v) is 5.03. The van der Waals surface area contributed by atoms with Gasteiger partial charge in [-0.3, -0.25) is 4.79 Å². The summed E-state index contributed by atoms with van der Waals surface area (Å²) in [5.74, 6) is -0.177. The second-order valence-electron chi connectivity index (χ2n) is 5.63. The third-order valence-electron chi connectivity index (χ3n) is 4.19. The van der Waals surface area contributed by atoms with Crippen molar-refractivity contribution in [1.29, 1.82) is 0 Å². The molecule has 1 aromatic heterocycles. The summed E-state index contributed by atoms with van der Waals surface area (Å²) >= 11 is 1.16. The minimum absolute atomic E-state index is 0.144. The van der Waals surface area contributed by atoms with Crippen molar-refractivity contribution >= 4 is 27.3 Å². The summed E-state index contributed by atoms with van der Waals surface area (Å²) in [5.41, 5.74) is 0. The van der Waals surface area contributed by atoms with E-state index in [1.807, 2.05) is 0 Å². The molecule has 2 aliphatic heterocycles. The molecule has 2 atom stereocenters. The van der Waals surface area contributed by atoms with Crippen LogP contribution in [0.5, 0.6) is 0 Å². The van der Waals surface area contributed by atoms with Crippen LogP contribution in [-0.4, -0.2) is 39.5 Å². The third-order valence-corrected chi connectivity index (χ3v) is 6.66. The summed E-state index contributed by atoms with van der Waals surface area (Å²) in [6.45, 7) is 0. The number of hydrogen-bond acceptors (Lipinski definition) is 5. The van der Waals surface area contributed by atoms with Gasteiger partial charge in [0.1, 0.15) is 0 Å². The van der Waals surface area contributed by atoms with E-state index in [2.05, 4.69) is 15.4 Å². The first-order chi connectivity index (χ1) is 9.98. The molecule has 8 heteroatoms. The predicted molar refractivity (Wildman–Crippen MR) is 81.0 cm³/mol. The zero-order chi connectivity index (χ0) is 15.0. The summed E-state index contributed by atoms with van der Waals surface area (Å²) in [7, 11) is -2.12. The van der Waals surface area contributed by atoms with Crippen LogP contribution in [-0.2, 0) is 10.0 Å². The van der Waals surface area contributed by atoms with Crippen LogP contribution in [0.2, 0.25) is 0 Å². The number of fused-ring (bicyclic) bond motifs is 2. The first-order valence-electron chi connectivity index (χ1n) is 7.07. The molecule has 0 saturated carbocycles. The van der Waals surface area contributed by atoms with E-state index in [0.29, 0.717) is 17.0 Å². The maximum atomic E-state index is 12.2. The molecular formula is C13H19N3O3S2. The monoisotopic (exact) mass is 329 g/mol. The Labute approximate surface area is 128 Å². The average Bonchev–Trinajstić information content (AvgIpc) is 3.06. The Morgan fingerprint density at radius 2 is 2.00 bits per heavy atom. The topological polar surface area (TPSA) is 87.3 Å². The van der Waals surface area contributed by atoms with Crippen LogP contribution in [0.25, 0.3) is 0 Å². The molecule has 3 N–H and O–H groups in total. The van der Waals surface area contributed by atoms with Crippen LogP contribution in [0.15, 0.2) is 16.3 Å². The molecule has 116 valence electrons. The fourth-order valence-electron chi connectivity index (χ4n) is 3.13. The van der Waals surface area contributed by atoms with Crippen LogP contribution in [0, 0.1) is 0 Å². The van der Waals surface area contributed by atoms with E-state index in [4.69, 9.17) is 0 Å². The van der Waals surface area contributed by atoms with Gasteiger partial charge in [0.05, 0.1) is 9.77 Å². The molecule has 0 spiro atoms. The lowest BCUT2D eigenvalue weighted by Gasteiger charge is -2.29. The maximum Gasteiger partial charge on any atom is 0.261 e. The van der Waals surface area contributed by atoms with E-state index in [0.717, 1.165) is 24.2 Å². The zero-order valence-electron chi connectivity index (χ0n) is 11.8. The quantitative estimate of drug-likeness (QED) is 0.758. The number of sulfonamides is 1. The SMILES string of the molecule is CNS(=O)(=O)c1csc(C(=O)NC2CC3CCC(C2)N3)c1. The van der Waals surface area contributed by atoms with Crippen molar-refractivity contribution in [2.45, 2.75) is 48.7 Å². The normalized spacial score (nSPS) is 28.5. The second kappa shape index (κ2) is 5.68. The van der Waals surface area contributed by atoms with Gasteiger partial charge < -0.3 is 10.6 Å². The fraction of sp³-hybridized carbons (Fsp3) is 0.615. The number of hydrogen-bond donors (Lipinski definition) is 3.